The highest BCUT2D eigenvalue weighted by Crippen LogP contribution is 2.32. The van der Waals surface area contributed by atoms with E-state index in [9.17, 15) is 18.0 Å². The lowest BCUT2D eigenvalue weighted by molar-refractivity contribution is -0.141. The van der Waals surface area contributed by atoms with Crippen molar-refractivity contribution in [1.82, 2.24) is 15.3 Å². The SMILES string of the molecule is O=C1CSC(c2cc(C(F)(F)F)ncn2)N1. The summed E-state index contributed by atoms with van der Waals surface area (Å²) in [6.07, 6.45) is -3.64. The maximum Gasteiger partial charge on any atom is 0.433 e. The van der Waals surface area contributed by atoms with Gasteiger partial charge in [0.05, 0.1) is 11.4 Å². The fourth-order valence-corrected chi connectivity index (χ4v) is 2.13. The molecule has 16 heavy (non-hydrogen) atoms. The number of nitrogens with zero attached hydrogens (tertiary/aromatic N) is 2. The van der Waals surface area contributed by atoms with Gasteiger partial charge >= 0.3 is 6.18 Å². The average Bonchev–Trinajstić information content (AvgIpc) is 2.64. The van der Waals surface area contributed by atoms with E-state index >= 15 is 0 Å². The number of alkyl halides is 3. The van der Waals surface area contributed by atoms with Crippen molar-refractivity contribution in [2.75, 3.05) is 5.75 Å². The molecule has 1 aliphatic rings. The molecule has 4 nitrogen and oxygen atoms in total. The number of aromatic nitrogens is 2. The highest BCUT2D eigenvalue weighted by Gasteiger charge is 2.34. The molecule has 0 aliphatic carbocycles. The van der Waals surface area contributed by atoms with Crippen LogP contribution in [0.1, 0.15) is 16.8 Å². The predicted octanol–water partition coefficient (Wildman–Crippen LogP) is 1.36. The van der Waals surface area contributed by atoms with E-state index in [1.165, 1.54) is 11.8 Å². The van der Waals surface area contributed by atoms with Crippen molar-refractivity contribution in [2.24, 2.45) is 0 Å². The van der Waals surface area contributed by atoms with Crippen LogP contribution in [-0.2, 0) is 11.0 Å². The lowest BCUT2D eigenvalue weighted by Gasteiger charge is -2.10. The van der Waals surface area contributed by atoms with Crippen LogP contribution >= 0.6 is 11.8 Å². The number of rotatable bonds is 1. The van der Waals surface area contributed by atoms with Gasteiger partial charge in [-0.15, -0.1) is 11.8 Å². The van der Waals surface area contributed by atoms with Crippen LogP contribution in [0.4, 0.5) is 13.2 Å². The third-order valence-electron chi connectivity index (χ3n) is 1.92. The number of nitrogens with one attached hydrogen (secondary N) is 1. The van der Waals surface area contributed by atoms with Crippen molar-refractivity contribution in [1.29, 1.82) is 0 Å². The van der Waals surface area contributed by atoms with E-state index in [0.717, 1.165) is 12.4 Å². The van der Waals surface area contributed by atoms with Gasteiger partial charge in [0.25, 0.3) is 0 Å². The van der Waals surface area contributed by atoms with Gasteiger partial charge in [-0.2, -0.15) is 13.2 Å². The third-order valence-corrected chi connectivity index (χ3v) is 3.04. The van der Waals surface area contributed by atoms with Crippen LogP contribution < -0.4 is 5.32 Å². The summed E-state index contributed by atoms with van der Waals surface area (Å²) < 4.78 is 37.0. The van der Waals surface area contributed by atoms with E-state index in [4.69, 9.17) is 0 Å². The van der Waals surface area contributed by atoms with Crippen LogP contribution in [0, 0.1) is 0 Å². The summed E-state index contributed by atoms with van der Waals surface area (Å²) in [5.41, 5.74) is -0.836. The zero-order valence-corrected chi connectivity index (χ0v) is 8.60. The van der Waals surface area contributed by atoms with Gasteiger partial charge in [-0.1, -0.05) is 0 Å². The Morgan fingerprint density at radius 3 is 2.75 bits per heavy atom. The normalized spacial score (nSPS) is 20.9. The van der Waals surface area contributed by atoms with Crippen LogP contribution in [0.25, 0.3) is 0 Å². The minimum absolute atomic E-state index is 0.165. The second kappa shape index (κ2) is 3.93. The molecular weight excluding hydrogens is 243 g/mol. The van der Waals surface area contributed by atoms with Gasteiger partial charge in [-0.05, 0) is 6.07 Å². The van der Waals surface area contributed by atoms with E-state index < -0.39 is 17.2 Å². The van der Waals surface area contributed by atoms with Gasteiger partial charge < -0.3 is 5.32 Å². The molecule has 1 aromatic heterocycles. The second-order valence-corrected chi connectivity index (χ2v) is 4.18. The van der Waals surface area contributed by atoms with Gasteiger partial charge in [-0.25, -0.2) is 9.97 Å². The molecule has 0 saturated carbocycles. The molecule has 1 aliphatic heterocycles. The Morgan fingerprint density at radius 2 is 2.19 bits per heavy atom. The molecule has 0 spiro atoms. The molecule has 1 saturated heterocycles. The maximum atomic E-state index is 12.3. The zero-order chi connectivity index (χ0) is 11.8. The van der Waals surface area contributed by atoms with Crippen LogP contribution in [0.15, 0.2) is 12.4 Å². The largest absolute Gasteiger partial charge is 0.433 e. The molecular formula is C8H6F3N3OS. The quantitative estimate of drug-likeness (QED) is 0.816. The van der Waals surface area contributed by atoms with Crippen LogP contribution in [0.2, 0.25) is 0 Å². The van der Waals surface area contributed by atoms with Gasteiger partial charge in [0.15, 0.2) is 0 Å². The van der Waals surface area contributed by atoms with Crippen molar-refractivity contribution in [3.8, 4) is 0 Å². The molecule has 8 heteroatoms. The molecule has 0 aromatic carbocycles. The fraction of sp³-hybridized carbons (Fsp3) is 0.375. The molecule has 2 heterocycles. The number of thioether (sulfide) groups is 1. The van der Waals surface area contributed by atoms with E-state index in [2.05, 4.69) is 15.3 Å². The van der Waals surface area contributed by atoms with Crippen molar-refractivity contribution in [3.05, 3.63) is 23.8 Å². The van der Waals surface area contributed by atoms with Gasteiger partial charge in [0.1, 0.15) is 17.4 Å². The number of carbonyl (C=O) groups excluding carboxylic acids is 1. The predicted molar refractivity (Wildman–Crippen MR) is 50.4 cm³/mol. The molecule has 1 aromatic rings. The molecule has 1 fully saturated rings. The Bertz CT molecular complexity index is 423. The number of halogens is 3. The smallest absolute Gasteiger partial charge is 0.338 e. The van der Waals surface area contributed by atoms with Crippen molar-refractivity contribution < 1.29 is 18.0 Å². The lowest BCUT2D eigenvalue weighted by Crippen LogP contribution is -2.20. The summed E-state index contributed by atoms with van der Waals surface area (Å²) >= 11 is 1.20. The standard InChI is InChI=1S/C8H6F3N3OS/c9-8(10,11)5-1-4(12-3-13-5)7-14-6(15)2-16-7/h1,3,7H,2H2,(H,14,15). The van der Waals surface area contributed by atoms with Crippen molar-refractivity contribution in [2.45, 2.75) is 11.6 Å². The number of hydrogen-bond donors (Lipinski definition) is 1. The molecule has 1 atom stereocenters. The Kier molecular flexibility index (Phi) is 2.75. The Labute approximate surface area is 92.7 Å². The monoisotopic (exact) mass is 249 g/mol. The molecule has 2 rings (SSSR count). The molecule has 1 amide bonds. The van der Waals surface area contributed by atoms with Gasteiger partial charge in [-0.3, -0.25) is 4.79 Å². The number of amides is 1. The third kappa shape index (κ3) is 2.26. The van der Waals surface area contributed by atoms with E-state index in [1.54, 1.807) is 0 Å². The molecule has 1 unspecified atom stereocenters. The first-order chi connectivity index (χ1) is 7.47. The number of carbonyl (C=O) groups is 1. The molecule has 1 N–H and O–H groups in total. The van der Waals surface area contributed by atoms with E-state index in [0.29, 0.717) is 0 Å². The summed E-state index contributed by atoms with van der Waals surface area (Å²) in [5, 5.41) is 2.00. The average molecular weight is 249 g/mol. The Balaban J connectivity index is 2.26. The Hall–Kier alpha value is -1.31. The summed E-state index contributed by atoms with van der Waals surface area (Å²) in [6.45, 7) is 0. The summed E-state index contributed by atoms with van der Waals surface area (Å²) in [7, 11) is 0. The topological polar surface area (TPSA) is 54.9 Å². The summed E-state index contributed by atoms with van der Waals surface area (Å²) in [4.78, 5) is 17.8. The van der Waals surface area contributed by atoms with Crippen LogP contribution in [-0.4, -0.2) is 21.6 Å². The fourth-order valence-electron chi connectivity index (χ4n) is 1.22. The molecule has 0 bridgehead atoms. The maximum absolute atomic E-state index is 12.3. The first kappa shape index (κ1) is 11.2. The van der Waals surface area contributed by atoms with Crippen molar-refractivity contribution in [3.63, 3.8) is 0 Å². The minimum atomic E-state index is -4.50. The lowest BCUT2D eigenvalue weighted by atomic mass is 10.3. The minimum Gasteiger partial charge on any atom is -0.338 e. The highest BCUT2D eigenvalue weighted by molar-refractivity contribution is 8.00. The summed E-state index contributed by atoms with van der Waals surface area (Å²) in [5.74, 6) is 0.0258. The molecule has 0 radical (unpaired) electrons. The van der Waals surface area contributed by atoms with Gasteiger partial charge in [0.2, 0.25) is 5.91 Å². The first-order valence-electron chi connectivity index (χ1n) is 4.27. The highest BCUT2D eigenvalue weighted by atomic mass is 32.2. The first-order valence-corrected chi connectivity index (χ1v) is 5.32. The van der Waals surface area contributed by atoms with Crippen LogP contribution in [0.3, 0.4) is 0 Å². The second-order valence-electron chi connectivity index (χ2n) is 3.08. The molecule has 86 valence electrons. The van der Waals surface area contributed by atoms with E-state index in [-0.39, 0.29) is 17.4 Å². The summed E-state index contributed by atoms with van der Waals surface area (Å²) in [6, 6.07) is 0.850. The Morgan fingerprint density at radius 1 is 1.44 bits per heavy atom. The van der Waals surface area contributed by atoms with Crippen LogP contribution in [0.5, 0.6) is 0 Å². The zero-order valence-electron chi connectivity index (χ0n) is 7.78. The number of hydrogen-bond acceptors (Lipinski definition) is 4. The van der Waals surface area contributed by atoms with Gasteiger partial charge in [0, 0.05) is 0 Å². The van der Waals surface area contributed by atoms with E-state index in [1.807, 2.05) is 0 Å². The van der Waals surface area contributed by atoms with Crippen molar-refractivity contribution >= 4 is 17.7 Å².